The summed E-state index contributed by atoms with van der Waals surface area (Å²) in [6.45, 7) is 2.14. The Balaban J connectivity index is 2.00. The molecule has 0 spiro atoms. The van der Waals surface area contributed by atoms with Crippen LogP contribution in [0.1, 0.15) is 34.5 Å². The highest BCUT2D eigenvalue weighted by atomic mass is 32.1. The van der Waals surface area contributed by atoms with Crippen LogP contribution in [0.2, 0.25) is 0 Å². The fourth-order valence-corrected chi connectivity index (χ4v) is 2.02. The van der Waals surface area contributed by atoms with Crippen LogP contribution < -0.4 is 5.32 Å². The van der Waals surface area contributed by atoms with E-state index in [0.29, 0.717) is 16.7 Å². The lowest BCUT2D eigenvalue weighted by Crippen LogP contribution is -2.23. The lowest BCUT2D eigenvalue weighted by molar-refractivity contribution is 0.0950. The highest BCUT2D eigenvalue weighted by Crippen LogP contribution is 2.12. The van der Waals surface area contributed by atoms with Gasteiger partial charge in [-0.2, -0.15) is 0 Å². The zero-order chi connectivity index (χ0) is 14.5. The number of amides is 1. The Morgan fingerprint density at radius 1 is 1.35 bits per heavy atom. The van der Waals surface area contributed by atoms with Gasteiger partial charge in [0.05, 0.1) is 11.7 Å². The molecule has 0 aliphatic rings. The lowest BCUT2D eigenvalue weighted by Gasteiger charge is -2.08. The molecule has 0 unspecified atom stereocenters. The van der Waals surface area contributed by atoms with Crippen LogP contribution >= 0.6 is 12.2 Å². The standard InChI is InChI=1S/C15H16N2O2S/c1-10(18)12-6-4-11(5-7-12)9-17-14(19)13-3-2-8-16-15(13)20/h2-8,10,18H,9H2,1H3,(H,16,20)(H,17,19)/t10-/m0/s1. The first-order valence-electron chi connectivity index (χ1n) is 6.30. The molecule has 1 amide bonds. The van der Waals surface area contributed by atoms with Crippen LogP contribution in [0.3, 0.4) is 0 Å². The van der Waals surface area contributed by atoms with E-state index >= 15 is 0 Å². The molecule has 0 aliphatic heterocycles. The highest BCUT2D eigenvalue weighted by Gasteiger charge is 2.07. The van der Waals surface area contributed by atoms with Gasteiger partial charge in [-0.15, -0.1) is 0 Å². The molecule has 0 aliphatic carbocycles. The number of hydrogen-bond donors (Lipinski definition) is 3. The van der Waals surface area contributed by atoms with Crippen molar-refractivity contribution in [2.75, 3.05) is 0 Å². The Labute approximate surface area is 122 Å². The molecule has 0 saturated carbocycles. The van der Waals surface area contributed by atoms with Crippen molar-refractivity contribution in [1.82, 2.24) is 10.3 Å². The van der Waals surface area contributed by atoms with Crippen LogP contribution in [0.4, 0.5) is 0 Å². The van der Waals surface area contributed by atoms with Crippen LogP contribution in [0, 0.1) is 4.64 Å². The van der Waals surface area contributed by atoms with E-state index in [4.69, 9.17) is 12.2 Å². The number of aromatic amines is 1. The monoisotopic (exact) mass is 288 g/mol. The van der Waals surface area contributed by atoms with E-state index in [1.807, 2.05) is 24.3 Å². The Morgan fingerprint density at radius 3 is 2.65 bits per heavy atom. The van der Waals surface area contributed by atoms with Crippen molar-refractivity contribution in [3.63, 3.8) is 0 Å². The molecule has 0 fully saturated rings. The number of H-pyrrole nitrogens is 1. The van der Waals surface area contributed by atoms with Crippen LogP contribution in [0.5, 0.6) is 0 Å². The maximum Gasteiger partial charge on any atom is 0.254 e. The number of nitrogens with one attached hydrogen (secondary N) is 2. The molecule has 4 nitrogen and oxygen atoms in total. The fourth-order valence-electron chi connectivity index (χ4n) is 1.79. The number of aliphatic hydroxyl groups is 1. The van der Waals surface area contributed by atoms with Gasteiger partial charge in [0.2, 0.25) is 0 Å². The number of pyridine rings is 1. The van der Waals surface area contributed by atoms with Gasteiger partial charge in [0.25, 0.3) is 5.91 Å². The van der Waals surface area contributed by atoms with Crippen molar-refractivity contribution in [1.29, 1.82) is 0 Å². The van der Waals surface area contributed by atoms with Gasteiger partial charge >= 0.3 is 0 Å². The van der Waals surface area contributed by atoms with Crippen LogP contribution in [-0.2, 0) is 6.54 Å². The lowest BCUT2D eigenvalue weighted by atomic mass is 10.1. The van der Waals surface area contributed by atoms with Crippen LogP contribution in [0.15, 0.2) is 42.6 Å². The Bertz CT molecular complexity index is 647. The molecule has 1 atom stereocenters. The van der Waals surface area contributed by atoms with Crippen molar-refractivity contribution < 1.29 is 9.90 Å². The third-order valence-electron chi connectivity index (χ3n) is 2.98. The fraction of sp³-hybridized carbons (Fsp3) is 0.200. The van der Waals surface area contributed by atoms with E-state index in [1.165, 1.54) is 0 Å². The quantitative estimate of drug-likeness (QED) is 0.758. The molecule has 1 aromatic carbocycles. The second-order valence-corrected chi connectivity index (χ2v) is 4.92. The first-order chi connectivity index (χ1) is 9.58. The van der Waals surface area contributed by atoms with Crippen molar-refractivity contribution in [2.45, 2.75) is 19.6 Å². The second kappa shape index (κ2) is 6.45. The van der Waals surface area contributed by atoms with Gasteiger partial charge in [-0.3, -0.25) is 4.79 Å². The molecular weight excluding hydrogens is 272 g/mol. The van der Waals surface area contributed by atoms with Crippen LogP contribution in [-0.4, -0.2) is 16.0 Å². The summed E-state index contributed by atoms with van der Waals surface area (Å²) in [7, 11) is 0. The van der Waals surface area contributed by atoms with Crippen LogP contribution in [0.25, 0.3) is 0 Å². The minimum absolute atomic E-state index is 0.202. The van der Waals surface area contributed by atoms with E-state index in [-0.39, 0.29) is 5.91 Å². The SMILES string of the molecule is C[C@H](O)c1ccc(CNC(=O)c2ccc[nH]c2=S)cc1. The predicted molar refractivity (Wildman–Crippen MR) is 79.9 cm³/mol. The summed E-state index contributed by atoms with van der Waals surface area (Å²) >= 11 is 5.06. The zero-order valence-electron chi connectivity index (χ0n) is 11.1. The van der Waals surface area contributed by atoms with Gasteiger partial charge in [0.15, 0.2) is 0 Å². The molecule has 20 heavy (non-hydrogen) atoms. The highest BCUT2D eigenvalue weighted by molar-refractivity contribution is 7.71. The second-order valence-electron chi connectivity index (χ2n) is 4.51. The smallest absolute Gasteiger partial charge is 0.254 e. The average Bonchev–Trinajstić information content (AvgIpc) is 2.45. The number of aromatic nitrogens is 1. The average molecular weight is 288 g/mol. The summed E-state index contributed by atoms with van der Waals surface area (Å²) < 4.78 is 0.425. The van der Waals surface area contributed by atoms with Gasteiger partial charge < -0.3 is 15.4 Å². The largest absolute Gasteiger partial charge is 0.389 e. The number of hydrogen-bond acceptors (Lipinski definition) is 3. The molecule has 104 valence electrons. The predicted octanol–water partition coefficient (Wildman–Crippen LogP) is 2.73. The molecule has 0 radical (unpaired) electrons. The van der Waals surface area contributed by atoms with Gasteiger partial charge in [-0.25, -0.2) is 0 Å². The molecule has 0 saturated heterocycles. The summed E-state index contributed by atoms with van der Waals surface area (Å²) in [5.41, 5.74) is 2.28. The summed E-state index contributed by atoms with van der Waals surface area (Å²) in [4.78, 5) is 14.8. The first-order valence-corrected chi connectivity index (χ1v) is 6.71. The van der Waals surface area contributed by atoms with Crippen molar-refractivity contribution in [3.8, 4) is 0 Å². The zero-order valence-corrected chi connectivity index (χ0v) is 11.9. The molecule has 1 aromatic heterocycles. The van der Waals surface area contributed by atoms with Crippen molar-refractivity contribution in [2.24, 2.45) is 0 Å². The van der Waals surface area contributed by atoms with E-state index in [1.54, 1.807) is 25.3 Å². The van der Waals surface area contributed by atoms with E-state index in [9.17, 15) is 9.90 Å². The van der Waals surface area contributed by atoms with E-state index in [2.05, 4.69) is 10.3 Å². The molecule has 2 rings (SSSR count). The first kappa shape index (κ1) is 14.4. The maximum absolute atomic E-state index is 12.0. The third kappa shape index (κ3) is 3.53. The topological polar surface area (TPSA) is 65.1 Å². The normalized spacial score (nSPS) is 11.9. The number of carbonyl (C=O) groups is 1. The number of carbonyl (C=O) groups excluding carboxylic acids is 1. The molecule has 2 aromatic rings. The molecule has 1 heterocycles. The van der Waals surface area contributed by atoms with Gasteiger partial charge in [-0.1, -0.05) is 36.5 Å². The van der Waals surface area contributed by atoms with Crippen molar-refractivity contribution in [3.05, 3.63) is 63.9 Å². The number of aliphatic hydroxyl groups excluding tert-OH is 1. The number of benzene rings is 1. The summed E-state index contributed by atoms with van der Waals surface area (Å²) in [5.74, 6) is -0.202. The molecule has 3 N–H and O–H groups in total. The molecule has 5 heteroatoms. The maximum atomic E-state index is 12.0. The van der Waals surface area contributed by atoms with Gasteiger partial charge in [0, 0.05) is 12.7 Å². The summed E-state index contributed by atoms with van der Waals surface area (Å²) in [5, 5.41) is 12.2. The minimum atomic E-state index is -0.485. The minimum Gasteiger partial charge on any atom is -0.389 e. The van der Waals surface area contributed by atoms with Gasteiger partial charge in [0.1, 0.15) is 4.64 Å². The van der Waals surface area contributed by atoms with E-state index < -0.39 is 6.10 Å². The Morgan fingerprint density at radius 2 is 2.05 bits per heavy atom. The molecular formula is C15H16N2O2S. The summed E-state index contributed by atoms with van der Waals surface area (Å²) in [6, 6.07) is 10.9. The third-order valence-corrected chi connectivity index (χ3v) is 3.32. The van der Waals surface area contributed by atoms with E-state index in [0.717, 1.165) is 11.1 Å². The Hall–Kier alpha value is -1.98. The number of rotatable bonds is 4. The molecule has 0 bridgehead atoms. The Kier molecular flexibility index (Phi) is 4.65. The summed E-state index contributed by atoms with van der Waals surface area (Å²) in [6.07, 6.45) is 1.20. The van der Waals surface area contributed by atoms with Gasteiger partial charge in [-0.05, 0) is 30.2 Å². The van der Waals surface area contributed by atoms with Crippen molar-refractivity contribution >= 4 is 18.1 Å².